The summed E-state index contributed by atoms with van der Waals surface area (Å²) in [6.07, 6.45) is 2.82. The molecule has 0 radical (unpaired) electrons. The Kier molecular flexibility index (Phi) is 2.66. The van der Waals surface area contributed by atoms with Crippen LogP contribution in [0, 0.1) is 5.41 Å². The predicted molar refractivity (Wildman–Crippen MR) is 77.3 cm³/mol. The smallest absolute Gasteiger partial charge is 0.149 e. The lowest BCUT2D eigenvalue weighted by Crippen LogP contribution is -2.29. The molecule has 3 nitrogen and oxygen atoms in total. The average Bonchev–Trinajstić information content (AvgIpc) is 2.73. The minimum atomic E-state index is 0.171. The summed E-state index contributed by atoms with van der Waals surface area (Å²) in [5, 5.41) is 1.18. The van der Waals surface area contributed by atoms with Crippen molar-refractivity contribution in [2.24, 2.45) is 10.4 Å². The van der Waals surface area contributed by atoms with Gasteiger partial charge >= 0.3 is 0 Å². The van der Waals surface area contributed by atoms with Crippen LogP contribution in [0.5, 0.6) is 5.75 Å². The maximum absolute atomic E-state index is 5.86. The van der Waals surface area contributed by atoms with Crippen molar-refractivity contribution in [3.8, 4) is 5.75 Å². The van der Waals surface area contributed by atoms with Crippen molar-refractivity contribution in [3.05, 3.63) is 29.5 Å². The van der Waals surface area contributed by atoms with Crippen LogP contribution in [0.2, 0.25) is 0 Å². The molecular weight excluding hydrogens is 238 g/mol. The van der Waals surface area contributed by atoms with Crippen molar-refractivity contribution in [1.29, 1.82) is 0 Å². The molecule has 19 heavy (non-hydrogen) atoms. The van der Waals surface area contributed by atoms with Crippen molar-refractivity contribution in [2.45, 2.75) is 33.2 Å². The third kappa shape index (κ3) is 2.03. The highest BCUT2D eigenvalue weighted by Crippen LogP contribution is 2.35. The van der Waals surface area contributed by atoms with Gasteiger partial charge in [-0.2, -0.15) is 0 Å². The molecule has 2 aromatic rings. The van der Waals surface area contributed by atoms with Crippen LogP contribution in [0.25, 0.3) is 11.0 Å². The largest absolute Gasteiger partial charge is 0.497 e. The molecule has 1 aromatic carbocycles. The first-order valence-electron chi connectivity index (χ1n) is 6.61. The standard InChI is InChI=1S/C16H19NO2/c1-16(2,3)15-8-12-11-6-5-10(18-4)7-13(11)19-14(12)9-17-15/h5-7,9,15H,8H2,1-4H3. The Balaban J connectivity index is 2.08. The maximum Gasteiger partial charge on any atom is 0.149 e. The first-order chi connectivity index (χ1) is 8.99. The molecule has 3 rings (SSSR count). The average molecular weight is 257 g/mol. The molecule has 0 saturated carbocycles. The summed E-state index contributed by atoms with van der Waals surface area (Å²) in [5.41, 5.74) is 2.32. The lowest BCUT2D eigenvalue weighted by molar-refractivity contribution is 0.318. The van der Waals surface area contributed by atoms with Gasteiger partial charge in [-0.25, -0.2) is 0 Å². The summed E-state index contributed by atoms with van der Waals surface area (Å²) in [6.45, 7) is 6.68. The SMILES string of the molecule is COc1ccc2c3c(oc2c1)C=NC(C(C)(C)C)C3. The van der Waals surface area contributed by atoms with Gasteiger partial charge in [-0.05, 0) is 24.0 Å². The van der Waals surface area contributed by atoms with Crippen molar-refractivity contribution >= 4 is 17.2 Å². The third-order valence-electron chi connectivity index (χ3n) is 3.80. The fourth-order valence-corrected chi connectivity index (χ4v) is 2.52. The normalized spacial score (nSPS) is 18.6. The monoisotopic (exact) mass is 257 g/mol. The molecule has 1 aromatic heterocycles. The van der Waals surface area contributed by atoms with E-state index in [1.807, 2.05) is 18.3 Å². The van der Waals surface area contributed by atoms with Crippen LogP contribution in [0.3, 0.4) is 0 Å². The summed E-state index contributed by atoms with van der Waals surface area (Å²) < 4.78 is 11.1. The molecule has 0 N–H and O–H groups in total. The van der Waals surface area contributed by atoms with Crippen molar-refractivity contribution in [2.75, 3.05) is 7.11 Å². The van der Waals surface area contributed by atoms with Gasteiger partial charge < -0.3 is 9.15 Å². The molecule has 0 saturated heterocycles. The van der Waals surface area contributed by atoms with E-state index in [-0.39, 0.29) is 5.41 Å². The fourth-order valence-electron chi connectivity index (χ4n) is 2.52. The minimum Gasteiger partial charge on any atom is -0.497 e. The van der Waals surface area contributed by atoms with E-state index in [1.165, 1.54) is 10.9 Å². The zero-order valence-corrected chi connectivity index (χ0v) is 11.9. The molecule has 0 spiro atoms. The number of hydrogen-bond donors (Lipinski definition) is 0. The van der Waals surface area contributed by atoms with Gasteiger partial charge in [0, 0.05) is 17.0 Å². The Morgan fingerprint density at radius 1 is 1.32 bits per heavy atom. The number of rotatable bonds is 1. The fraction of sp³-hybridized carbons (Fsp3) is 0.438. The molecule has 1 aliphatic rings. The van der Waals surface area contributed by atoms with Gasteiger partial charge in [0.05, 0.1) is 19.4 Å². The number of ether oxygens (including phenoxy) is 1. The van der Waals surface area contributed by atoms with Crippen LogP contribution >= 0.6 is 0 Å². The van der Waals surface area contributed by atoms with E-state index in [2.05, 4.69) is 31.8 Å². The van der Waals surface area contributed by atoms with Crippen molar-refractivity contribution in [3.63, 3.8) is 0 Å². The van der Waals surface area contributed by atoms with E-state index >= 15 is 0 Å². The molecular formula is C16H19NO2. The zero-order chi connectivity index (χ0) is 13.6. The molecule has 1 unspecified atom stereocenters. The van der Waals surface area contributed by atoms with Gasteiger partial charge in [0.2, 0.25) is 0 Å². The highest BCUT2D eigenvalue weighted by molar-refractivity contribution is 5.93. The molecule has 100 valence electrons. The van der Waals surface area contributed by atoms with E-state index in [0.717, 1.165) is 23.5 Å². The molecule has 1 atom stereocenters. The topological polar surface area (TPSA) is 34.7 Å². The summed E-state index contributed by atoms with van der Waals surface area (Å²) in [5.74, 6) is 1.71. The zero-order valence-electron chi connectivity index (χ0n) is 11.9. The summed E-state index contributed by atoms with van der Waals surface area (Å²) in [6, 6.07) is 6.31. The van der Waals surface area contributed by atoms with Gasteiger partial charge in [-0.1, -0.05) is 20.8 Å². The quantitative estimate of drug-likeness (QED) is 0.778. The molecule has 0 bridgehead atoms. The van der Waals surface area contributed by atoms with Crippen LogP contribution in [0.15, 0.2) is 27.6 Å². The van der Waals surface area contributed by atoms with Gasteiger partial charge in [-0.3, -0.25) is 4.99 Å². The first-order valence-corrected chi connectivity index (χ1v) is 6.61. The second-order valence-electron chi connectivity index (χ2n) is 6.17. The Bertz CT molecular complexity index is 647. The van der Waals surface area contributed by atoms with E-state index < -0.39 is 0 Å². The number of hydrogen-bond acceptors (Lipinski definition) is 3. The van der Waals surface area contributed by atoms with E-state index in [9.17, 15) is 0 Å². The predicted octanol–water partition coefficient (Wildman–Crippen LogP) is 3.83. The van der Waals surface area contributed by atoms with Gasteiger partial charge in [0.25, 0.3) is 0 Å². The molecule has 1 aliphatic heterocycles. The summed E-state index contributed by atoms with van der Waals surface area (Å²) >= 11 is 0. The lowest BCUT2D eigenvalue weighted by atomic mass is 9.82. The highest BCUT2D eigenvalue weighted by atomic mass is 16.5. The van der Waals surface area contributed by atoms with E-state index in [4.69, 9.17) is 9.15 Å². The second kappa shape index (κ2) is 4.12. The molecule has 0 fully saturated rings. The molecule has 0 aliphatic carbocycles. The van der Waals surface area contributed by atoms with Crippen LogP contribution in [0.4, 0.5) is 0 Å². The number of benzene rings is 1. The first kappa shape index (κ1) is 12.3. The van der Waals surface area contributed by atoms with Crippen LogP contribution in [-0.2, 0) is 6.42 Å². The highest BCUT2D eigenvalue weighted by Gasteiger charge is 2.29. The van der Waals surface area contributed by atoms with E-state index in [0.29, 0.717) is 6.04 Å². The van der Waals surface area contributed by atoms with Gasteiger partial charge in [-0.15, -0.1) is 0 Å². The van der Waals surface area contributed by atoms with Crippen molar-refractivity contribution < 1.29 is 9.15 Å². The Hall–Kier alpha value is -1.77. The minimum absolute atomic E-state index is 0.171. The maximum atomic E-state index is 5.86. The number of nitrogens with zero attached hydrogens (tertiary/aromatic N) is 1. The Morgan fingerprint density at radius 3 is 2.79 bits per heavy atom. The molecule has 3 heteroatoms. The Morgan fingerprint density at radius 2 is 2.11 bits per heavy atom. The van der Waals surface area contributed by atoms with E-state index in [1.54, 1.807) is 7.11 Å². The number of fused-ring (bicyclic) bond motifs is 3. The molecule has 2 heterocycles. The van der Waals surface area contributed by atoms with Crippen molar-refractivity contribution in [1.82, 2.24) is 0 Å². The number of furan rings is 1. The number of aliphatic imine (C=N–C) groups is 1. The van der Waals surface area contributed by atoms with Crippen LogP contribution in [-0.4, -0.2) is 19.4 Å². The Labute approximate surface area is 113 Å². The van der Waals surface area contributed by atoms with Gasteiger partial charge in [0.1, 0.15) is 17.1 Å². The second-order valence-corrected chi connectivity index (χ2v) is 6.17. The van der Waals surface area contributed by atoms with Crippen LogP contribution < -0.4 is 4.74 Å². The third-order valence-corrected chi connectivity index (χ3v) is 3.80. The summed E-state index contributed by atoms with van der Waals surface area (Å²) in [4.78, 5) is 4.63. The van der Waals surface area contributed by atoms with Crippen LogP contribution in [0.1, 0.15) is 32.1 Å². The lowest BCUT2D eigenvalue weighted by Gasteiger charge is -2.29. The van der Waals surface area contributed by atoms with Gasteiger partial charge in [0.15, 0.2) is 0 Å². The number of methoxy groups -OCH3 is 1. The molecule has 0 amide bonds. The summed E-state index contributed by atoms with van der Waals surface area (Å²) in [7, 11) is 1.67.